The summed E-state index contributed by atoms with van der Waals surface area (Å²) in [5.41, 5.74) is 0.223. The first-order chi connectivity index (χ1) is 8.14. The predicted octanol–water partition coefficient (Wildman–Crippen LogP) is 1.24. The summed E-state index contributed by atoms with van der Waals surface area (Å²) < 4.78 is 5.31. The third-order valence-electron chi connectivity index (χ3n) is 3.23. The lowest BCUT2D eigenvalue weighted by Gasteiger charge is -2.28. The summed E-state index contributed by atoms with van der Waals surface area (Å²) in [7, 11) is 0. The first-order valence-electron chi connectivity index (χ1n) is 6.52. The standard InChI is InChI=1S/C13H25N3O/c1-13(2,4-3-5-14)12-15-6-7-16-8-10-17-11-9-16/h15H,3-4,6-12H2,1-2H3. The van der Waals surface area contributed by atoms with Crippen LogP contribution in [-0.4, -0.2) is 50.8 Å². The lowest BCUT2D eigenvalue weighted by atomic mass is 9.88. The molecule has 98 valence electrons. The molecule has 0 bridgehead atoms. The number of ether oxygens (including phenoxy) is 1. The monoisotopic (exact) mass is 239 g/mol. The van der Waals surface area contributed by atoms with Crippen molar-refractivity contribution in [2.45, 2.75) is 26.7 Å². The van der Waals surface area contributed by atoms with Crippen LogP contribution >= 0.6 is 0 Å². The lowest BCUT2D eigenvalue weighted by Crippen LogP contribution is -2.41. The van der Waals surface area contributed by atoms with E-state index in [0.717, 1.165) is 52.4 Å². The Bertz CT molecular complexity index is 242. The maximum absolute atomic E-state index is 8.58. The summed E-state index contributed by atoms with van der Waals surface area (Å²) in [4.78, 5) is 2.43. The van der Waals surface area contributed by atoms with Crippen LogP contribution in [0.4, 0.5) is 0 Å². The molecule has 0 aromatic heterocycles. The fraction of sp³-hybridized carbons (Fsp3) is 0.923. The van der Waals surface area contributed by atoms with Crippen molar-refractivity contribution in [1.29, 1.82) is 5.26 Å². The Balaban J connectivity index is 2.04. The van der Waals surface area contributed by atoms with E-state index < -0.39 is 0 Å². The minimum atomic E-state index is 0.223. The maximum Gasteiger partial charge on any atom is 0.0621 e. The van der Waals surface area contributed by atoms with E-state index in [1.54, 1.807) is 0 Å². The van der Waals surface area contributed by atoms with Crippen LogP contribution < -0.4 is 5.32 Å². The Labute approximate surface area is 105 Å². The summed E-state index contributed by atoms with van der Waals surface area (Å²) in [5, 5.41) is 12.1. The molecule has 0 spiro atoms. The van der Waals surface area contributed by atoms with Gasteiger partial charge in [0.25, 0.3) is 0 Å². The molecular formula is C13H25N3O. The number of morpholine rings is 1. The number of nitrogens with one attached hydrogen (secondary N) is 1. The van der Waals surface area contributed by atoms with Crippen LogP contribution in [0.2, 0.25) is 0 Å². The van der Waals surface area contributed by atoms with Crippen LogP contribution in [0.25, 0.3) is 0 Å². The van der Waals surface area contributed by atoms with Crippen LogP contribution in [0.3, 0.4) is 0 Å². The molecule has 1 fully saturated rings. The maximum atomic E-state index is 8.58. The number of hydrogen-bond acceptors (Lipinski definition) is 4. The Morgan fingerprint density at radius 1 is 1.35 bits per heavy atom. The first kappa shape index (κ1) is 14.4. The van der Waals surface area contributed by atoms with Gasteiger partial charge < -0.3 is 10.1 Å². The number of rotatable bonds is 7. The third-order valence-corrected chi connectivity index (χ3v) is 3.23. The van der Waals surface area contributed by atoms with E-state index in [4.69, 9.17) is 10.00 Å². The number of hydrogen-bond donors (Lipinski definition) is 1. The molecule has 0 amide bonds. The predicted molar refractivity (Wildman–Crippen MR) is 68.8 cm³/mol. The van der Waals surface area contributed by atoms with Crippen molar-refractivity contribution in [3.63, 3.8) is 0 Å². The second-order valence-corrected chi connectivity index (χ2v) is 5.45. The zero-order valence-corrected chi connectivity index (χ0v) is 11.2. The fourth-order valence-electron chi connectivity index (χ4n) is 1.97. The number of nitrogens with zero attached hydrogens (tertiary/aromatic N) is 2. The van der Waals surface area contributed by atoms with E-state index in [2.05, 4.69) is 30.1 Å². The van der Waals surface area contributed by atoms with Crippen LogP contribution in [0.1, 0.15) is 26.7 Å². The van der Waals surface area contributed by atoms with Gasteiger partial charge in [0.1, 0.15) is 0 Å². The van der Waals surface area contributed by atoms with Gasteiger partial charge in [-0.25, -0.2) is 0 Å². The molecule has 1 rings (SSSR count). The summed E-state index contributed by atoms with van der Waals surface area (Å²) in [6.45, 7) is 11.4. The van der Waals surface area contributed by atoms with Crippen LogP contribution in [0.5, 0.6) is 0 Å². The highest BCUT2D eigenvalue weighted by atomic mass is 16.5. The average molecular weight is 239 g/mol. The summed E-state index contributed by atoms with van der Waals surface area (Å²) in [5.74, 6) is 0. The molecule has 4 heteroatoms. The first-order valence-corrected chi connectivity index (χ1v) is 6.52. The summed E-state index contributed by atoms with van der Waals surface area (Å²) >= 11 is 0. The molecular weight excluding hydrogens is 214 g/mol. The van der Waals surface area contributed by atoms with Crippen LogP contribution in [0, 0.1) is 16.7 Å². The minimum Gasteiger partial charge on any atom is -0.379 e. The summed E-state index contributed by atoms with van der Waals surface area (Å²) in [6.07, 6.45) is 1.62. The molecule has 4 nitrogen and oxygen atoms in total. The van der Waals surface area contributed by atoms with Gasteiger partial charge in [0.2, 0.25) is 0 Å². The molecule has 1 N–H and O–H groups in total. The van der Waals surface area contributed by atoms with Crippen LogP contribution in [-0.2, 0) is 4.74 Å². The second kappa shape index (κ2) is 7.65. The SMILES string of the molecule is CC(C)(CCC#N)CNCCN1CCOCC1. The van der Waals surface area contributed by atoms with E-state index in [9.17, 15) is 0 Å². The molecule has 0 aromatic carbocycles. The summed E-state index contributed by atoms with van der Waals surface area (Å²) in [6, 6.07) is 2.22. The van der Waals surface area contributed by atoms with Crippen molar-refractivity contribution in [2.75, 3.05) is 45.9 Å². The van der Waals surface area contributed by atoms with Crippen molar-refractivity contribution < 1.29 is 4.74 Å². The normalized spacial score (nSPS) is 17.9. The van der Waals surface area contributed by atoms with Gasteiger partial charge in [-0.3, -0.25) is 4.90 Å². The molecule has 1 heterocycles. The Hall–Kier alpha value is -0.630. The quantitative estimate of drug-likeness (QED) is 0.679. The van der Waals surface area contributed by atoms with Gasteiger partial charge in [-0.1, -0.05) is 13.8 Å². The van der Waals surface area contributed by atoms with Crippen molar-refractivity contribution in [2.24, 2.45) is 5.41 Å². The molecule has 0 unspecified atom stereocenters. The molecule has 17 heavy (non-hydrogen) atoms. The van der Waals surface area contributed by atoms with E-state index in [-0.39, 0.29) is 5.41 Å². The van der Waals surface area contributed by atoms with Gasteiger partial charge in [0.05, 0.1) is 19.3 Å². The topological polar surface area (TPSA) is 48.3 Å². The zero-order chi connectivity index (χ0) is 12.6. The third kappa shape index (κ3) is 6.62. The van der Waals surface area contributed by atoms with Gasteiger partial charge >= 0.3 is 0 Å². The highest BCUT2D eigenvalue weighted by Crippen LogP contribution is 2.20. The van der Waals surface area contributed by atoms with Crippen molar-refractivity contribution in [3.8, 4) is 6.07 Å². The highest BCUT2D eigenvalue weighted by Gasteiger charge is 2.17. The van der Waals surface area contributed by atoms with Crippen LogP contribution in [0.15, 0.2) is 0 Å². The van der Waals surface area contributed by atoms with E-state index >= 15 is 0 Å². The largest absolute Gasteiger partial charge is 0.379 e. The molecule has 0 aliphatic carbocycles. The van der Waals surface area contributed by atoms with Gasteiger partial charge in [-0.05, 0) is 11.8 Å². The number of nitriles is 1. The lowest BCUT2D eigenvalue weighted by molar-refractivity contribution is 0.0381. The van der Waals surface area contributed by atoms with Gasteiger partial charge in [-0.2, -0.15) is 5.26 Å². The van der Waals surface area contributed by atoms with Crippen molar-refractivity contribution in [3.05, 3.63) is 0 Å². The second-order valence-electron chi connectivity index (χ2n) is 5.45. The Morgan fingerprint density at radius 3 is 2.71 bits per heavy atom. The van der Waals surface area contributed by atoms with E-state index in [0.29, 0.717) is 6.42 Å². The molecule has 1 saturated heterocycles. The average Bonchev–Trinajstić information content (AvgIpc) is 2.34. The van der Waals surface area contributed by atoms with Gasteiger partial charge in [0.15, 0.2) is 0 Å². The van der Waals surface area contributed by atoms with Crippen molar-refractivity contribution >= 4 is 0 Å². The van der Waals surface area contributed by atoms with Crippen molar-refractivity contribution in [1.82, 2.24) is 10.2 Å². The molecule has 0 aromatic rings. The molecule has 1 aliphatic rings. The minimum absolute atomic E-state index is 0.223. The zero-order valence-electron chi connectivity index (χ0n) is 11.2. The Kier molecular flexibility index (Phi) is 6.49. The molecule has 0 saturated carbocycles. The van der Waals surface area contributed by atoms with Gasteiger partial charge in [0, 0.05) is 39.1 Å². The van der Waals surface area contributed by atoms with Gasteiger partial charge in [-0.15, -0.1) is 0 Å². The Morgan fingerprint density at radius 2 is 2.06 bits per heavy atom. The molecule has 1 aliphatic heterocycles. The van der Waals surface area contributed by atoms with E-state index in [1.807, 2.05) is 0 Å². The van der Waals surface area contributed by atoms with E-state index in [1.165, 1.54) is 0 Å². The highest BCUT2D eigenvalue weighted by molar-refractivity contribution is 4.79. The molecule has 0 radical (unpaired) electrons. The molecule has 0 atom stereocenters. The fourth-order valence-corrected chi connectivity index (χ4v) is 1.97. The smallest absolute Gasteiger partial charge is 0.0621 e.